The SMILES string of the molecule is CCOC(=O)N(C(N)=O)c1ccccc1Cl. The summed E-state index contributed by atoms with van der Waals surface area (Å²) in [6, 6.07) is 5.43. The van der Waals surface area contributed by atoms with Gasteiger partial charge in [-0.3, -0.25) is 0 Å². The van der Waals surface area contributed by atoms with Crippen LogP contribution in [0.5, 0.6) is 0 Å². The zero-order chi connectivity index (χ0) is 12.1. The van der Waals surface area contributed by atoms with Gasteiger partial charge in [-0.1, -0.05) is 23.7 Å². The third-order valence-corrected chi connectivity index (χ3v) is 2.08. The van der Waals surface area contributed by atoms with Crippen LogP contribution < -0.4 is 10.6 Å². The van der Waals surface area contributed by atoms with E-state index in [9.17, 15) is 9.59 Å². The molecular formula is C10H11ClN2O3. The highest BCUT2D eigenvalue weighted by Crippen LogP contribution is 2.25. The molecule has 3 amide bonds. The minimum atomic E-state index is -0.938. The molecule has 0 saturated carbocycles. The smallest absolute Gasteiger partial charge is 0.422 e. The van der Waals surface area contributed by atoms with Gasteiger partial charge < -0.3 is 10.5 Å². The molecule has 0 heterocycles. The molecule has 5 nitrogen and oxygen atoms in total. The number of carbonyl (C=O) groups excluding carboxylic acids is 2. The second-order valence-corrected chi connectivity index (χ2v) is 3.23. The van der Waals surface area contributed by atoms with Gasteiger partial charge in [-0.15, -0.1) is 0 Å². The molecule has 0 aliphatic heterocycles. The predicted octanol–water partition coefficient (Wildman–Crippen LogP) is 2.38. The number of rotatable bonds is 2. The number of hydrogen-bond donors (Lipinski definition) is 1. The summed E-state index contributed by atoms with van der Waals surface area (Å²) in [7, 11) is 0. The van der Waals surface area contributed by atoms with Crippen LogP contribution in [0.4, 0.5) is 15.3 Å². The number of carbonyl (C=O) groups is 2. The number of benzene rings is 1. The number of amides is 3. The molecule has 1 aromatic carbocycles. The van der Waals surface area contributed by atoms with Crippen LogP contribution in [-0.2, 0) is 4.74 Å². The van der Waals surface area contributed by atoms with Gasteiger partial charge in [0.1, 0.15) is 0 Å². The summed E-state index contributed by atoms with van der Waals surface area (Å²) < 4.78 is 4.70. The Balaban J connectivity index is 3.08. The molecule has 2 N–H and O–H groups in total. The van der Waals surface area contributed by atoms with Crippen LogP contribution in [0.1, 0.15) is 6.92 Å². The van der Waals surface area contributed by atoms with Crippen LogP contribution in [0.15, 0.2) is 24.3 Å². The molecule has 16 heavy (non-hydrogen) atoms. The van der Waals surface area contributed by atoms with E-state index in [0.29, 0.717) is 4.90 Å². The summed E-state index contributed by atoms with van der Waals surface area (Å²) in [5.41, 5.74) is 5.30. The minimum absolute atomic E-state index is 0.146. The van der Waals surface area contributed by atoms with E-state index in [4.69, 9.17) is 22.1 Å². The number of imide groups is 1. The lowest BCUT2D eigenvalue weighted by Gasteiger charge is -2.18. The van der Waals surface area contributed by atoms with Crippen molar-refractivity contribution < 1.29 is 14.3 Å². The second kappa shape index (κ2) is 5.37. The standard InChI is InChI=1S/C10H11ClN2O3/c1-2-16-10(15)13(9(12)14)8-6-4-3-5-7(8)11/h3-6H,2H2,1H3,(H2,12,14). The van der Waals surface area contributed by atoms with Crippen LogP contribution in [0.25, 0.3) is 0 Å². The van der Waals surface area contributed by atoms with Gasteiger partial charge >= 0.3 is 12.1 Å². The number of hydrogen-bond acceptors (Lipinski definition) is 3. The number of nitrogens with two attached hydrogens (primary N) is 1. The number of halogens is 1. The third-order valence-electron chi connectivity index (χ3n) is 1.76. The molecule has 6 heteroatoms. The third kappa shape index (κ3) is 2.64. The van der Waals surface area contributed by atoms with Crippen molar-refractivity contribution >= 4 is 29.4 Å². The molecule has 0 radical (unpaired) electrons. The number of anilines is 1. The molecule has 0 bridgehead atoms. The predicted molar refractivity (Wildman–Crippen MR) is 60.5 cm³/mol. The fourth-order valence-corrected chi connectivity index (χ4v) is 1.35. The van der Waals surface area contributed by atoms with E-state index >= 15 is 0 Å². The Morgan fingerprint density at radius 3 is 2.56 bits per heavy atom. The molecule has 1 aromatic rings. The first-order chi connectivity index (χ1) is 7.57. The molecule has 0 spiro atoms. The number of ether oxygens (including phenoxy) is 1. The molecule has 0 atom stereocenters. The summed E-state index contributed by atoms with van der Waals surface area (Å²) >= 11 is 5.85. The van der Waals surface area contributed by atoms with Gasteiger partial charge in [0.15, 0.2) is 0 Å². The number of para-hydroxylation sites is 1. The van der Waals surface area contributed by atoms with Gasteiger partial charge in [-0.25, -0.2) is 9.59 Å². The van der Waals surface area contributed by atoms with E-state index in [-0.39, 0.29) is 17.3 Å². The average molecular weight is 243 g/mol. The van der Waals surface area contributed by atoms with Crippen LogP contribution in [0.3, 0.4) is 0 Å². The number of nitrogens with zero attached hydrogens (tertiary/aromatic N) is 1. The lowest BCUT2D eigenvalue weighted by Crippen LogP contribution is -2.41. The maximum Gasteiger partial charge on any atom is 0.422 e. The molecule has 0 fully saturated rings. The molecule has 86 valence electrons. The van der Waals surface area contributed by atoms with Gasteiger partial charge in [-0.05, 0) is 19.1 Å². The fraction of sp³-hybridized carbons (Fsp3) is 0.200. The van der Waals surface area contributed by atoms with Gasteiger partial charge in [0.25, 0.3) is 0 Å². The highest BCUT2D eigenvalue weighted by molar-refractivity contribution is 6.34. The average Bonchev–Trinajstić information content (AvgIpc) is 2.21. The lowest BCUT2D eigenvalue weighted by atomic mass is 10.3. The maximum absolute atomic E-state index is 11.5. The normalized spacial score (nSPS) is 9.62. The van der Waals surface area contributed by atoms with Crippen molar-refractivity contribution in [1.29, 1.82) is 0 Å². The number of urea groups is 1. The first kappa shape index (κ1) is 12.3. The fourth-order valence-electron chi connectivity index (χ4n) is 1.13. The monoisotopic (exact) mass is 242 g/mol. The Labute approximate surface area is 97.7 Å². The van der Waals surface area contributed by atoms with E-state index in [1.54, 1.807) is 25.1 Å². The zero-order valence-corrected chi connectivity index (χ0v) is 9.40. The van der Waals surface area contributed by atoms with E-state index in [1.165, 1.54) is 6.07 Å². The summed E-state index contributed by atoms with van der Waals surface area (Å²) in [6.07, 6.45) is -0.844. The molecule has 0 aliphatic carbocycles. The van der Waals surface area contributed by atoms with E-state index < -0.39 is 12.1 Å². The van der Waals surface area contributed by atoms with Crippen molar-refractivity contribution in [3.8, 4) is 0 Å². The highest BCUT2D eigenvalue weighted by Gasteiger charge is 2.24. The van der Waals surface area contributed by atoms with Crippen LogP contribution in [0.2, 0.25) is 5.02 Å². The molecule has 0 saturated heterocycles. The summed E-state index contributed by atoms with van der Waals surface area (Å²) in [6.45, 7) is 1.77. The second-order valence-electron chi connectivity index (χ2n) is 2.82. The van der Waals surface area contributed by atoms with E-state index in [0.717, 1.165) is 0 Å². The lowest BCUT2D eigenvalue weighted by molar-refractivity contribution is 0.160. The van der Waals surface area contributed by atoms with Crippen molar-refractivity contribution in [3.63, 3.8) is 0 Å². The topological polar surface area (TPSA) is 72.6 Å². The minimum Gasteiger partial charge on any atom is -0.449 e. The van der Waals surface area contributed by atoms with Crippen LogP contribution in [0, 0.1) is 0 Å². The van der Waals surface area contributed by atoms with Gasteiger partial charge in [0, 0.05) is 0 Å². The molecule has 1 rings (SSSR count). The quantitative estimate of drug-likeness (QED) is 0.865. The van der Waals surface area contributed by atoms with Gasteiger partial charge in [0.05, 0.1) is 17.3 Å². The van der Waals surface area contributed by atoms with E-state index in [2.05, 4.69) is 0 Å². The summed E-state index contributed by atoms with van der Waals surface area (Å²) in [4.78, 5) is 23.3. The van der Waals surface area contributed by atoms with Gasteiger partial charge in [0.2, 0.25) is 0 Å². The van der Waals surface area contributed by atoms with Crippen molar-refractivity contribution in [2.45, 2.75) is 6.92 Å². The largest absolute Gasteiger partial charge is 0.449 e. The van der Waals surface area contributed by atoms with Crippen molar-refractivity contribution in [1.82, 2.24) is 0 Å². The maximum atomic E-state index is 11.5. The van der Waals surface area contributed by atoms with Crippen molar-refractivity contribution in [2.75, 3.05) is 11.5 Å². The number of primary amides is 1. The van der Waals surface area contributed by atoms with Gasteiger partial charge in [-0.2, -0.15) is 4.90 Å². The van der Waals surface area contributed by atoms with Crippen LogP contribution in [-0.4, -0.2) is 18.7 Å². The van der Waals surface area contributed by atoms with Crippen molar-refractivity contribution in [2.24, 2.45) is 5.73 Å². The zero-order valence-electron chi connectivity index (χ0n) is 8.64. The Hall–Kier alpha value is -1.75. The first-order valence-corrected chi connectivity index (χ1v) is 4.96. The Bertz CT molecular complexity index is 409. The summed E-state index contributed by atoms with van der Waals surface area (Å²) in [5.74, 6) is 0. The Morgan fingerprint density at radius 1 is 1.44 bits per heavy atom. The molecule has 0 unspecified atom stereocenters. The Morgan fingerprint density at radius 2 is 2.06 bits per heavy atom. The van der Waals surface area contributed by atoms with Crippen molar-refractivity contribution in [3.05, 3.63) is 29.3 Å². The molecule has 0 aliphatic rings. The molecular weight excluding hydrogens is 232 g/mol. The Kier molecular flexibility index (Phi) is 4.13. The summed E-state index contributed by atoms with van der Waals surface area (Å²) in [5, 5.41) is 0.245. The van der Waals surface area contributed by atoms with E-state index in [1.807, 2.05) is 0 Å². The van der Waals surface area contributed by atoms with Crippen LogP contribution >= 0.6 is 11.6 Å². The first-order valence-electron chi connectivity index (χ1n) is 4.58. The molecule has 0 aromatic heterocycles. The highest BCUT2D eigenvalue weighted by atomic mass is 35.5.